The third kappa shape index (κ3) is 2.95. The lowest BCUT2D eigenvalue weighted by atomic mass is 9.74. The molecule has 0 unspecified atom stereocenters. The van der Waals surface area contributed by atoms with Crippen molar-refractivity contribution in [1.82, 2.24) is 4.90 Å². The molecule has 1 rings (SSSR count). The van der Waals surface area contributed by atoms with Gasteiger partial charge < -0.3 is 15.1 Å². The highest BCUT2D eigenvalue weighted by atomic mass is 16.4. The van der Waals surface area contributed by atoms with Crippen molar-refractivity contribution in [3.8, 4) is 0 Å². The molecule has 0 aliphatic carbocycles. The molecule has 0 atom stereocenters. The van der Waals surface area contributed by atoms with E-state index in [-0.39, 0.29) is 38.1 Å². The standard InChI is InChI=1S/C11H17NO5/c1-2-8(13)7-11(9(14)15)3-5-12(6-4-11)10(16)17/h2-7H2,1H3,(H,14,15)(H,16,17). The molecular weight excluding hydrogens is 226 g/mol. The molecule has 1 aliphatic heterocycles. The van der Waals surface area contributed by atoms with Crippen molar-refractivity contribution in [2.24, 2.45) is 5.41 Å². The summed E-state index contributed by atoms with van der Waals surface area (Å²) < 4.78 is 0. The number of aliphatic carboxylic acids is 1. The maximum Gasteiger partial charge on any atom is 0.407 e. The molecular formula is C11H17NO5. The number of carbonyl (C=O) groups excluding carboxylic acids is 1. The van der Waals surface area contributed by atoms with Gasteiger partial charge in [-0.2, -0.15) is 0 Å². The number of amides is 1. The Kier molecular flexibility index (Phi) is 4.09. The van der Waals surface area contributed by atoms with Crippen LogP contribution < -0.4 is 0 Å². The minimum atomic E-state index is -1.07. The van der Waals surface area contributed by atoms with Gasteiger partial charge in [-0.1, -0.05) is 6.92 Å². The Morgan fingerprint density at radius 1 is 1.18 bits per heavy atom. The highest BCUT2D eigenvalue weighted by molar-refractivity contribution is 5.86. The molecule has 1 amide bonds. The zero-order valence-electron chi connectivity index (χ0n) is 9.81. The molecule has 96 valence electrons. The number of ketones is 1. The van der Waals surface area contributed by atoms with Crippen LogP contribution in [-0.4, -0.2) is 46.0 Å². The lowest BCUT2D eigenvalue weighted by molar-refractivity contribution is -0.154. The van der Waals surface area contributed by atoms with Crippen molar-refractivity contribution in [1.29, 1.82) is 0 Å². The summed E-state index contributed by atoms with van der Waals surface area (Å²) in [6, 6.07) is 0. The Hall–Kier alpha value is -1.59. The van der Waals surface area contributed by atoms with E-state index >= 15 is 0 Å². The second kappa shape index (κ2) is 5.16. The van der Waals surface area contributed by atoms with Crippen LogP contribution in [0.2, 0.25) is 0 Å². The van der Waals surface area contributed by atoms with Gasteiger partial charge >= 0.3 is 12.1 Å². The van der Waals surface area contributed by atoms with Crippen molar-refractivity contribution < 1.29 is 24.6 Å². The summed E-state index contributed by atoms with van der Waals surface area (Å²) in [6.07, 6.45) is -0.296. The van der Waals surface area contributed by atoms with Gasteiger partial charge in [-0.15, -0.1) is 0 Å². The molecule has 0 aromatic rings. The fourth-order valence-electron chi connectivity index (χ4n) is 2.09. The largest absolute Gasteiger partial charge is 0.481 e. The summed E-state index contributed by atoms with van der Waals surface area (Å²) in [6.45, 7) is 2.06. The van der Waals surface area contributed by atoms with Gasteiger partial charge in [0, 0.05) is 25.9 Å². The molecule has 6 heteroatoms. The van der Waals surface area contributed by atoms with Crippen molar-refractivity contribution in [2.45, 2.75) is 32.6 Å². The third-order valence-corrected chi connectivity index (χ3v) is 3.37. The summed E-state index contributed by atoms with van der Waals surface area (Å²) in [5.41, 5.74) is -1.07. The normalized spacial score (nSPS) is 18.8. The number of rotatable bonds is 4. The zero-order valence-corrected chi connectivity index (χ0v) is 9.81. The number of hydrogen-bond donors (Lipinski definition) is 2. The smallest absolute Gasteiger partial charge is 0.407 e. The molecule has 6 nitrogen and oxygen atoms in total. The lowest BCUT2D eigenvalue weighted by Crippen LogP contribution is -2.47. The first-order valence-electron chi connectivity index (χ1n) is 5.64. The van der Waals surface area contributed by atoms with Crippen molar-refractivity contribution >= 4 is 17.8 Å². The van der Waals surface area contributed by atoms with Crippen LogP contribution in [0.25, 0.3) is 0 Å². The van der Waals surface area contributed by atoms with Crippen LogP contribution in [-0.2, 0) is 9.59 Å². The van der Waals surface area contributed by atoms with E-state index in [1.807, 2.05) is 0 Å². The number of carbonyl (C=O) groups is 3. The van der Waals surface area contributed by atoms with E-state index in [1.54, 1.807) is 6.92 Å². The van der Waals surface area contributed by atoms with Gasteiger partial charge in [0.15, 0.2) is 0 Å². The number of hydrogen-bond acceptors (Lipinski definition) is 3. The first-order valence-corrected chi connectivity index (χ1v) is 5.64. The summed E-state index contributed by atoms with van der Waals surface area (Å²) in [4.78, 5) is 34.6. The highest BCUT2D eigenvalue weighted by Crippen LogP contribution is 2.36. The van der Waals surface area contributed by atoms with E-state index in [1.165, 1.54) is 4.90 Å². The molecule has 0 spiro atoms. The van der Waals surface area contributed by atoms with Crippen LogP contribution >= 0.6 is 0 Å². The monoisotopic (exact) mass is 243 g/mol. The van der Waals surface area contributed by atoms with Crippen LogP contribution in [0.4, 0.5) is 4.79 Å². The second-order valence-corrected chi connectivity index (χ2v) is 4.42. The SMILES string of the molecule is CCC(=O)CC1(C(=O)O)CCN(C(=O)O)CC1. The predicted molar refractivity (Wildman–Crippen MR) is 58.8 cm³/mol. The number of carboxylic acids is 1. The average Bonchev–Trinajstić information content (AvgIpc) is 2.29. The lowest BCUT2D eigenvalue weighted by Gasteiger charge is -2.37. The molecule has 0 radical (unpaired) electrons. The zero-order chi connectivity index (χ0) is 13.1. The molecule has 0 saturated carbocycles. The number of nitrogens with zero attached hydrogens (tertiary/aromatic N) is 1. The van der Waals surface area contributed by atoms with Crippen LogP contribution in [0.5, 0.6) is 0 Å². The number of carboxylic acid groups (broad SMARTS) is 2. The minimum absolute atomic E-state index is 0.00624. The topological polar surface area (TPSA) is 94.9 Å². The van der Waals surface area contributed by atoms with Crippen molar-refractivity contribution in [3.63, 3.8) is 0 Å². The van der Waals surface area contributed by atoms with Gasteiger partial charge in [-0.3, -0.25) is 9.59 Å². The second-order valence-electron chi connectivity index (χ2n) is 4.42. The van der Waals surface area contributed by atoms with Crippen LogP contribution in [0.3, 0.4) is 0 Å². The fourth-order valence-corrected chi connectivity index (χ4v) is 2.09. The number of likely N-dealkylation sites (tertiary alicyclic amines) is 1. The molecule has 0 aromatic heterocycles. The Morgan fingerprint density at radius 2 is 1.71 bits per heavy atom. The Morgan fingerprint density at radius 3 is 2.06 bits per heavy atom. The molecule has 1 saturated heterocycles. The summed E-state index contributed by atoms with van der Waals surface area (Å²) >= 11 is 0. The van der Waals surface area contributed by atoms with E-state index in [4.69, 9.17) is 5.11 Å². The molecule has 0 aromatic carbocycles. The molecule has 1 heterocycles. The maximum atomic E-state index is 11.4. The number of piperidine rings is 1. The van der Waals surface area contributed by atoms with Gasteiger partial charge in [0.2, 0.25) is 0 Å². The van der Waals surface area contributed by atoms with Crippen molar-refractivity contribution in [2.75, 3.05) is 13.1 Å². The summed E-state index contributed by atoms with van der Waals surface area (Å²) in [5.74, 6) is -1.08. The van der Waals surface area contributed by atoms with Gasteiger partial charge in [0.1, 0.15) is 5.78 Å². The van der Waals surface area contributed by atoms with E-state index in [0.29, 0.717) is 6.42 Å². The van der Waals surface area contributed by atoms with E-state index in [9.17, 15) is 19.5 Å². The summed E-state index contributed by atoms with van der Waals surface area (Å²) in [5, 5.41) is 18.0. The minimum Gasteiger partial charge on any atom is -0.481 e. The molecule has 0 bridgehead atoms. The molecule has 2 N–H and O–H groups in total. The quantitative estimate of drug-likeness (QED) is 0.773. The molecule has 1 fully saturated rings. The Balaban J connectivity index is 2.73. The fraction of sp³-hybridized carbons (Fsp3) is 0.727. The van der Waals surface area contributed by atoms with Crippen LogP contribution in [0.15, 0.2) is 0 Å². The molecule has 1 aliphatic rings. The molecule has 17 heavy (non-hydrogen) atoms. The summed E-state index contributed by atoms with van der Waals surface area (Å²) in [7, 11) is 0. The first-order chi connectivity index (χ1) is 7.91. The highest BCUT2D eigenvalue weighted by Gasteiger charge is 2.43. The van der Waals surface area contributed by atoms with Crippen LogP contribution in [0, 0.1) is 5.41 Å². The Labute approximate surface area is 99.2 Å². The predicted octanol–water partition coefficient (Wildman–Crippen LogP) is 1.20. The van der Waals surface area contributed by atoms with Crippen molar-refractivity contribution in [3.05, 3.63) is 0 Å². The van der Waals surface area contributed by atoms with E-state index in [0.717, 1.165) is 0 Å². The van der Waals surface area contributed by atoms with Crippen LogP contribution in [0.1, 0.15) is 32.6 Å². The van der Waals surface area contributed by atoms with Gasteiger partial charge in [-0.05, 0) is 12.8 Å². The van der Waals surface area contributed by atoms with E-state index in [2.05, 4.69) is 0 Å². The Bertz CT molecular complexity index is 331. The van der Waals surface area contributed by atoms with Gasteiger partial charge in [0.05, 0.1) is 5.41 Å². The van der Waals surface area contributed by atoms with Gasteiger partial charge in [0.25, 0.3) is 0 Å². The van der Waals surface area contributed by atoms with E-state index < -0.39 is 17.5 Å². The third-order valence-electron chi connectivity index (χ3n) is 3.37. The number of Topliss-reactive ketones (excluding diaryl/α,β-unsaturated/α-hetero) is 1. The maximum absolute atomic E-state index is 11.4. The first kappa shape index (κ1) is 13.5. The van der Waals surface area contributed by atoms with Gasteiger partial charge in [-0.25, -0.2) is 4.79 Å². The average molecular weight is 243 g/mol.